The Hall–Kier alpha value is -2.59. The van der Waals surface area contributed by atoms with Crippen molar-refractivity contribution in [1.29, 1.82) is 0 Å². The van der Waals surface area contributed by atoms with Crippen LogP contribution in [0.1, 0.15) is 49.5 Å². The maximum atomic E-state index is 12.0. The van der Waals surface area contributed by atoms with E-state index < -0.39 is 0 Å². The number of benzene rings is 2. The molecule has 2 aromatic carbocycles. The fourth-order valence-electron chi connectivity index (χ4n) is 3.24. The standard InChI is InChI=1S/C25H31NO3/c1-19(9-14-23-25(2,3)29-23)16-18-28-22-12-10-20(11-13-22)15-17-26-24(27)21-7-5-4-6-8-21/h4-8,10-13,16,23H,9,14-15,17-18H2,1-3H3,(H,26,27)/b19-16+. The number of nitrogens with one attached hydrogen (secondary N) is 1. The smallest absolute Gasteiger partial charge is 0.251 e. The molecule has 3 rings (SSSR count). The molecular weight excluding hydrogens is 362 g/mol. The first-order chi connectivity index (χ1) is 13.9. The molecule has 0 aromatic heterocycles. The third-order valence-electron chi connectivity index (χ3n) is 5.31. The number of epoxide rings is 1. The zero-order chi connectivity index (χ0) is 20.7. The van der Waals surface area contributed by atoms with Gasteiger partial charge >= 0.3 is 0 Å². The summed E-state index contributed by atoms with van der Waals surface area (Å²) in [4.78, 5) is 12.0. The first-order valence-electron chi connectivity index (χ1n) is 10.3. The molecule has 2 aromatic rings. The molecule has 4 nitrogen and oxygen atoms in total. The van der Waals surface area contributed by atoms with E-state index >= 15 is 0 Å². The summed E-state index contributed by atoms with van der Waals surface area (Å²) in [5.74, 6) is 0.822. The molecule has 1 fully saturated rings. The molecule has 0 aliphatic carbocycles. The van der Waals surface area contributed by atoms with Gasteiger partial charge in [-0.1, -0.05) is 35.9 Å². The summed E-state index contributed by atoms with van der Waals surface area (Å²) in [7, 11) is 0. The van der Waals surface area contributed by atoms with Gasteiger partial charge in [0.05, 0.1) is 11.7 Å². The van der Waals surface area contributed by atoms with E-state index in [1.54, 1.807) is 0 Å². The van der Waals surface area contributed by atoms with E-state index in [1.165, 1.54) is 11.1 Å². The molecule has 1 aliphatic heterocycles. The highest BCUT2D eigenvalue weighted by atomic mass is 16.6. The van der Waals surface area contributed by atoms with Crippen LogP contribution in [0.25, 0.3) is 0 Å². The second-order valence-corrected chi connectivity index (χ2v) is 8.13. The lowest BCUT2D eigenvalue weighted by molar-refractivity contribution is 0.0954. The number of amides is 1. The Labute approximate surface area is 173 Å². The van der Waals surface area contributed by atoms with E-state index in [1.807, 2.05) is 54.6 Å². The van der Waals surface area contributed by atoms with Gasteiger partial charge in [-0.3, -0.25) is 4.79 Å². The molecule has 1 saturated heterocycles. The maximum absolute atomic E-state index is 12.0. The minimum Gasteiger partial charge on any atom is -0.490 e. The van der Waals surface area contributed by atoms with Gasteiger partial charge in [0.15, 0.2) is 0 Å². The molecule has 0 radical (unpaired) electrons. The zero-order valence-electron chi connectivity index (χ0n) is 17.6. The van der Waals surface area contributed by atoms with E-state index in [-0.39, 0.29) is 11.5 Å². The van der Waals surface area contributed by atoms with E-state index in [2.05, 4.69) is 32.2 Å². The van der Waals surface area contributed by atoms with Crippen LogP contribution in [-0.2, 0) is 11.2 Å². The number of hydrogen-bond acceptors (Lipinski definition) is 3. The monoisotopic (exact) mass is 393 g/mol. The fraction of sp³-hybridized carbons (Fsp3) is 0.400. The van der Waals surface area contributed by atoms with Crippen molar-refractivity contribution in [2.45, 2.75) is 51.7 Å². The zero-order valence-corrected chi connectivity index (χ0v) is 17.6. The molecule has 1 amide bonds. The van der Waals surface area contributed by atoms with Crippen LogP contribution in [0.4, 0.5) is 0 Å². The van der Waals surface area contributed by atoms with Gasteiger partial charge in [0.25, 0.3) is 5.91 Å². The van der Waals surface area contributed by atoms with Crippen molar-refractivity contribution in [2.75, 3.05) is 13.2 Å². The number of carbonyl (C=O) groups is 1. The van der Waals surface area contributed by atoms with Crippen LogP contribution < -0.4 is 10.1 Å². The van der Waals surface area contributed by atoms with E-state index in [4.69, 9.17) is 9.47 Å². The summed E-state index contributed by atoms with van der Waals surface area (Å²) < 4.78 is 11.4. The van der Waals surface area contributed by atoms with Crippen LogP contribution >= 0.6 is 0 Å². The number of carbonyl (C=O) groups excluding carboxylic acids is 1. The van der Waals surface area contributed by atoms with Crippen LogP contribution in [0.3, 0.4) is 0 Å². The highest BCUT2D eigenvalue weighted by Gasteiger charge is 2.46. The topological polar surface area (TPSA) is 50.9 Å². The van der Waals surface area contributed by atoms with Gasteiger partial charge in [-0.05, 0) is 75.9 Å². The summed E-state index contributed by atoms with van der Waals surface area (Å²) in [5, 5.41) is 2.95. The SMILES string of the molecule is C/C(=C\COc1ccc(CCNC(=O)c2ccccc2)cc1)CCC1OC1(C)C. The molecule has 4 heteroatoms. The third-order valence-corrected chi connectivity index (χ3v) is 5.31. The largest absolute Gasteiger partial charge is 0.490 e. The first-order valence-corrected chi connectivity index (χ1v) is 10.3. The minimum absolute atomic E-state index is 0.0375. The van der Waals surface area contributed by atoms with Crippen molar-refractivity contribution in [3.05, 3.63) is 77.4 Å². The summed E-state index contributed by atoms with van der Waals surface area (Å²) in [6.45, 7) is 7.61. The Balaban J connectivity index is 1.34. The Bertz CT molecular complexity index is 825. The van der Waals surface area contributed by atoms with Crippen LogP contribution in [0.2, 0.25) is 0 Å². The Morgan fingerprint density at radius 1 is 1.14 bits per heavy atom. The maximum Gasteiger partial charge on any atom is 0.251 e. The summed E-state index contributed by atoms with van der Waals surface area (Å²) in [6.07, 6.45) is 5.45. The summed E-state index contributed by atoms with van der Waals surface area (Å²) in [6, 6.07) is 17.3. The second-order valence-electron chi connectivity index (χ2n) is 8.13. The molecule has 1 aliphatic rings. The van der Waals surface area contributed by atoms with Crippen molar-refractivity contribution in [2.24, 2.45) is 0 Å². The summed E-state index contributed by atoms with van der Waals surface area (Å²) >= 11 is 0. The molecule has 1 N–H and O–H groups in total. The van der Waals surface area contributed by atoms with Crippen molar-refractivity contribution >= 4 is 5.91 Å². The molecule has 1 atom stereocenters. The van der Waals surface area contributed by atoms with Gasteiger partial charge in [0.1, 0.15) is 12.4 Å². The molecule has 0 saturated carbocycles. The predicted octanol–water partition coefficient (Wildman–Crippen LogP) is 4.94. The van der Waals surface area contributed by atoms with Crippen LogP contribution in [0, 0.1) is 0 Å². The predicted molar refractivity (Wildman–Crippen MR) is 116 cm³/mol. The van der Waals surface area contributed by atoms with E-state index in [0.717, 1.165) is 25.0 Å². The number of allylic oxidation sites excluding steroid dienone is 1. The van der Waals surface area contributed by atoms with Crippen molar-refractivity contribution in [1.82, 2.24) is 5.32 Å². The van der Waals surface area contributed by atoms with Crippen molar-refractivity contribution in [3.8, 4) is 5.75 Å². The first kappa shape index (κ1) is 21.1. The van der Waals surface area contributed by atoms with Gasteiger partial charge < -0.3 is 14.8 Å². The van der Waals surface area contributed by atoms with Gasteiger partial charge in [0, 0.05) is 12.1 Å². The van der Waals surface area contributed by atoms with Gasteiger partial charge in [-0.15, -0.1) is 0 Å². The minimum atomic E-state index is -0.0375. The Morgan fingerprint density at radius 2 is 1.83 bits per heavy atom. The average molecular weight is 394 g/mol. The van der Waals surface area contributed by atoms with Crippen molar-refractivity contribution < 1.29 is 14.3 Å². The number of rotatable bonds is 10. The lowest BCUT2D eigenvalue weighted by atomic mass is 10.0. The molecule has 1 unspecified atom stereocenters. The van der Waals surface area contributed by atoms with Crippen molar-refractivity contribution in [3.63, 3.8) is 0 Å². The molecular formula is C25H31NO3. The van der Waals surface area contributed by atoms with Crippen LogP contribution in [-0.4, -0.2) is 30.8 Å². The van der Waals surface area contributed by atoms with Gasteiger partial charge in [-0.2, -0.15) is 0 Å². The number of hydrogen-bond donors (Lipinski definition) is 1. The Kier molecular flexibility index (Phi) is 7.10. The quantitative estimate of drug-likeness (QED) is 0.459. The second kappa shape index (κ2) is 9.75. The molecule has 0 spiro atoms. The average Bonchev–Trinajstić information content (AvgIpc) is 3.34. The highest BCUT2D eigenvalue weighted by Crippen LogP contribution is 2.38. The van der Waals surface area contributed by atoms with Gasteiger partial charge in [0.2, 0.25) is 0 Å². The summed E-state index contributed by atoms with van der Waals surface area (Å²) in [5.41, 5.74) is 3.27. The molecule has 0 bridgehead atoms. The normalized spacial score (nSPS) is 17.6. The number of ether oxygens (including phenoxy) is 2. The molecule has 29 heavy (non-hydrogen) atoms. The van der Waals surface area contributed by atoms with E-state index in [0.29, 0.717) is 24.8 Å². The van der Waals surface area contributed by atoms with E-state index in [9.17, 15) is 4.79 Å². The molecule has 154 valence electrons. The third kappa shape index (κ3) is 6.75. The molecule has 1 heterocycles. The Morgan fingerprint density at radius 3 is 2.48 bits per heavy atom. The lowest BCUT2D eigenvalue weighted by Gasteiger charge is -2.08. The van der Waals surface area contributed by atoms with Crippen LogP contribution in [0.15, 0.2) is 66.2 Å². The van der Waals surface area contributed by atoms with Gasteiger partial charge in [-0.25, -0.2) is 0 Å². The fourth-order valence-corrected chi connectivity index (χ4v) is 3.24. The highest BCUT2D eigenvalue weighted by molar-refractivity contribution is 5.94. The lowest BCUT2D eigenvalue weighted by Crippen LogP contribution is -2.25. The van der Waals surface area contributed by atoms with Crippen LogP contribution in [0.5, 0.6) is 5.75 Å².